The molecule has 0 atom stereocenters. The Bertz CT molecular complexity index is 618. The number of rotatable bonds is 5. The summed E-state index contributed by atoms with van der Waals surface area (Å²) in [5, 5.41) is 5.32. The van der Waals surface area contributed by atoms with E-state index >= 15 is 0 Å². The number of hydrogen-bond donors (Lipinski definition) is 2. The summed E-state index contributed by atoms with van der Waals surface area (Å²) in [5.74, 6) is -0.495. The molecular weight excluding hydrogens is 256 g/mol. The highest BCUT2D eigenvalue weighted by Crippen LogP contribution is 2.16. The number of carbonyl (C=O) groups excluding carboxylic acids is 2. The van der Waals surface area contributed by atoms with E-state index in [1.165, 1.54) is 6.26 Å². The van der Waals surface area contributed by atoms with Crippen LogP contribution in [0.15, 0.2) is 59.7 Å². The van der Waals surface area contributed by atoms with E-state index in [1.54, 1.807) is 42.5 Å². The molecule has 5 nitrogen and oxygen atoms in total. The zero-order valence-corrected chi connectivity index (χ0v) is 10.8. The molecule has 0 aliphatic carbocycles. The average molecular weight is 270 g/mol. The van der Waals surface area contributed by atoms with Crippen LogP contribution in [0.3, 0.4) is 0 Å². The Labute approximate surface area is 116 Å². The second kappa shape index (κ2) is 6.38. The molecule has 1 heterocycles. The van der Waals surface area contributed by atoms with E-state index in [-0.39, 0.29) is 11.7 Å². The van der Waals surface area contributed by atoms with Crippen molar-refractivity contribution in [3.8, 4) is 0 Å². The Morgan fingerprint density at radius 3 is 2.65 bits per heavy atom. The average Bonchev–Trinajstić information content (AvgIpc) is 2.99. The van der Waals surface area contributed by atoms with Gasteiger partial charge in [0.2, 0.25) is 0 Å². The van der Waals surface area contributed by atoms with Crippen LogP contribution in [0.4, 0.5) is 5.69 Å². The molecule has 1 aromatic carbocycles. The summed E-state index contributed by atoms with van der Waals surface area (Å²) in [5.41, 5.74) is 0.810. The van der Waals surface area contributed by atoms with E-state index < -0.39 is 5.91 Å². The quantitative estimate of drug-likeness (QED) is 0.820. The largest absolute Gasteiger partial charge is 0.459 e. The standard InChI is InChI=1S/C15H14N2O3/c1-2-9-16-14(18)11-6-3-4-7-12(11)17-15(19)13-8-5-10-20-13/h2-8,10H,1,9H2,(H,16,18)(H,17,19). The molecule has 0 saturated carbocycles. The van der Waals surface area contributed by atoms with Crippen molar-refractivity contribution in [1.29, 1.82) is 0 Å². The van der Waals surface area contributed by atoms with Crippen molar-refractivity contribution >= 4 is 17.5 Å². The lowest BCUT2D eigenvalue weighted by atomic mass is 10.1. The number of anilines is 1. The normalized spacial score (nSPS) is 9.80. The molecule has 2 aromatic rings. The number of nitrogens with one attached hydrogen (secondary N) is 2. The lowest BCUT2D eigenvalue weighted by Gasteiger charge is -2.09. The minimum atomic E-state index is -0.404. The van der Waals surface area contributed by atoms with Gasteiger partial charge in [-0.3, -0.25) is 9.59 Å². The highest BCUT2D eigenvalue weighted by Gasteiger charge is 2.14. The third-order valence-corrected chi connectivity index (χ3v) is 2.57. The lowest BCUT2D eigenvalue weighted by Crippen LogP contribution is -2.25. The molecule has 102 valence electrons. The van der Waals surface area contributed by atoms with E-state index in [0.29, 0.717) is 17.8 Å². The summed E-state index contributed by atoms with van der Waals surface area (Å²) in [6.07, 6.45) is 3.00. The van der Waals surface area contributed by atoms with Crippen molar-refractivity contribution in [3.05, 3.63) is 66.6 Å². The monoisotopic (exact) mass is 270 g/mol. The molecule has 20 heavy (non-hydrogen) atoms. The molecule has 0 spiro atoms. The zero-order chi connectivity index (χ0) is 14.4. The molecule has 0 radical (unpaired) electrons. The van der Waals surface area contributed by atoms with Gasteiger partial charge in [-0.1, -0.05) is 18.2 Å². The minimum absolute atomic E-state index is 0.186. The van der Waals surface area contributed by atoms with Crippen LogP contribution >= 0.6 is 0 Å². The molecule has 0 aliphatic rings. The predicted molar refractivity (Wildman–Crippen MR) is 75.6 cm³/mol. The summed E-state index contributed by atoms with van der Waals surface area (Å²) in [6.45, 7) is 3.89. The van der Waals surface area contributed by atoms with Crippen LogP contribution < -0.4 is 10.6 Å². The molecule has 2 rings (SSSR count). The molecule has 2 N–H and O–H groups in total. The minimum Gasteiger partial charge on any atom is -0.459 e. The SMILES string of the molecule is C=CCNC(=O)c1ccccc1NC(=O)c1ccco1. The molecule has 0 fully saturated rings. The third-order valence-electron chi connectivity index (χ3n) is 2.57. The van der Waals surface area contributed by atoms with Gasteiger partial charge in [0, 0.05) is 6.54 Å². The maximum atomic E-state index is 12.0. The fourth-order valence-electron chi connectivity index (χ4n) is 1.64. The second-order valence-electron chi connectivity index (χ2n) is 3.98. The van der Waals surface area contributed by atoms with Crippen molar-refractivity contribution < 1.29 is 14.0 Å². The van der Waals surface area contributed by atoms with Crippen molar-refractivity contribution in [2.45, 2.75) is 0 Å². The summed E-state index contributed by atoms with van der Waals surface area (Å²) in [4.78, 5) is 23.9. The first-order valence-corrected chi connectivity index (χ1v) is 6.05. The fourth-order valence-corrected chi connectivity index (χ4v) is 1.64. The van der Waals surface area contributed by atoms with Gasteiger partial charge >= 0.3 is 0 Å². The molecule has 0 unspecified atom stereocenters. The van der Waals surface area contributed by atoms with Gasteiger partial charge < -0.3 is 15.1 Å². The molecule has 0 bridgehead atoms. The fraction of sp³-hybridized carbons (Fsp3) is 0.0667. The van der Waals surface area contributed by atoms with Crippen molar-refractivity contribution in [3.63, 3.8) is 0 Å². The first kappa shape index (κ1) is 13.6. The summed E-state index contributed by atoms with van der Waals surface area (Å²) >= 11 is 0. The summed E-state index contributed by atoms with van der Waals surface area (Å²) < 4.78 is 5.01. The number of benzene rings is 1. The van der Waals surface area contributed by atoms with Gasteiger partial charge in [0.25, 0.3) is 11.8 Å². The highest BCUT2D eigenvalue weighted by atomic mass is 16.3. The van der Waals surface area contributed by atoms with Crippen LogP contribution in [0.1, 0.15) is 20.9 Å². The summed E-state index contributed by atoms with van der Waals surface area (Å²) in [6, 6.07) is 9.93. The van der Waals surface area contributed by atoms with Crippen LogP contribution in [-0.2, 0) is 0 Å². The van der Waals surface area contributed by atoms with E-state index in [9.17, 15) is 9.59 Å². The van der Waals surface area contributed by atoms with Crippen molar-refractivity contribution in [2.75, 3.05) is 11.9 Å². The first-order chi connectivity index (χ1) is 9.72. The van der Waals surface area contributed by atoms with Crippen LogP contribution in [0, 0.1) is 0 Å². The Morgan fingerprint density at radius 2 is 1.95 bits per heavy atom. The molecule has 0 saturated heterocycles. The van der Waals surface area contributed by atoms with Gasteiger partial charge in [-0.25, -0.2) is 0 Å². The van der Waals surface area contributed by atoms with Crippen molar-refractivity contribution in [1.82, 2.24) is 5.32 Å². The van der Waals surface area contributed by atoms with Gasteiger partial charge in [-0.05, 0) is 24.3 Å². The molecular formula is C15H14N2O3. The van der Waals surface area contributed by atoms with Gasteiger partial charge in [0.15, 0.2) is 5.76 Å². The molecule has 0 aliphatic heterocycles. The Hall–Kier alpha value is -2.82. The predicted octanol–water partition coefficient (Wildman–Crippen LogP) is 2.45. The van der Waals surface area contributed by atoms with E-state index in [2.05, 4.69) is 17.2 Å². The van der Waals surface area contributed by atoms with Crippen LogP contribution in [0.2, 0.25) is 0 Å². The number of hydrogen-bond acceptors (Lipinski definition) is 3. The first-order valence-electron chi connectivity index (χ1n) is 6.05. The Morgan fingerprint density at radius 1 is 1.15 bits per heavy atom. The van der Waals surface area contributed by atoms with Gasteiger partial charge in [-0.2, -0.15) is 0 Å². The second-order valence-corrected chi connectivity index (χ2v) is 3.98. The number of carbonyl (C=O) groups is 2. The number of furan rings is 1. The third kappa shape index (κ3) is 3.14. The van der Waals surface area contributed by atoms with E-state index in [0.717, 1.165) is 0 Å². The number of para-hydroxylation sites is 1. The number of amides is 2. The van der Waals surface area contributed by atoms with Gasteiger partial charge in [-0.15, -0.1) is 6.58 Å². The summed E-state index contributed by atoms with van der Waals surface area (Å²) in [7, 11) is 0. The zero-order valence-electron chi connectivity index (χ0n) is 10.8. The molecule has 5 heteroatoms. The molecule has 2 amide bonds. The van der Waals surface area contributed by atoms with Crippen LogP contribution in [-0.4, -0.2) is 18.4 Å². The molecule has 1 aromatic heterocycles. The Balaban J connectivity index is 2.17. The topological polar surface area (TPSA) is 71.3 Å². The van der Waals surface area contributed by atoms with Gasteiger partial charge in [0.05, 0.1) is 17.5 Å². The Kier molecular flexibility index (Phi) is 4.34. The van der Waals surface area contributed by atoms with E-state index in [1.807, 2.05) is 0 Å². The highest BCUT2D eigenvalue weighted by molar-refractivity contribution is 6.07. The maximum Gasteiger partial charge on any atom is 0.291 e. The smallest absolute Gasteiger partial charge is 0.291 e. The van der Waals surface area contributed by atoms with Gasteiger partial charge in [0.1, 0.15) is 0 Å². The lowest BCUT2D eigenvalue weighted by molar-refractivity contribution is 0.0959. The maximum absolute atomic E-state index is 12.0. The van der Waals surface area contributed by atoms with Crippen LogP contribution in [0.5, 0.6) is 0 Å². The van der Waals surface area contributed by atoms with Crippen molar-refractivity contribution in [2.24, 2.45) is 0 Å². The van der Waals surface area contributed by atoms with E-state index in [4.69, 9.17) is 4.42 Å². The van der Waals surface area contributed by atoms with Crippen LogP contribution in [0.25, 0.3) is 0 Å².